The van der Waals surface area contributed by atoms with Gasteiger partial charge < -0.3 is 0 Å². The lowest BCUT2D eigenvalue weighted by atomic mass is 10.2. The number of carbonyl (C=O) groups is 1. The summed E-state index contributed by atoms with van der Waals surface area (Å²) in [6, 6.07) is 15.5. The van der Waals surface area contributed by atoms with E-state index in [1.165, 1.54) is 42.6 Å². The number of benzene rings is 2. The second-order valence-corrected chi connectivity index (χ2v) is 9.47. The van der Waals surface area contributed by atoms with Gasteiger partial charge in [-0.2, -0.15) is 4.31 Å². The molecule has 3 aromatic rings. The van der Waals surface area contributed by atoms with Gasteiger partial charge in [0.25, 0.3) is 0 Å². The summed E-state index contributed by atoms with van der Waals surface area (Å²) in [5, 5.41) is 12.1. The molecule has 0 unspecified atom stereocenters. The van der Waals surface area contributed by atoms with Gasteiger partial charge in [0.1, 0.15) is 5.01 Å². The molecule has 1 aromatic heterocycles. The van der Waals surface area contributed by atoms with Crippen LogP contribution in [-0.2, 0) is 21.2 Å². The zero-order valence-corrected chi connectivity index (χ0v) is 17.3. The van der Waals surface area contributed by atoms with Crippen LogP contribution < -0.4 is 5.32 Å². The molecule has 0 radical (unpaired) electrons. The summed E-state index contributed by atoms with van der Waals surface area (Å²) >= 11 is 7.04. The smallest absolute Gasteiger partial charge is 0.243 e. The average molecular weight is 437 g/mol. The summed E-state index contributed by atoms with van der Waals surface area (Å²) in [6.45, 7) is -0.349. The Hall–Kier alpha value is -2.33. The van der Waals surface area contributed by atoms with E-state index in [-0.39, 0.29) is 11.4 Å². The Kier molecular flexibility index (Phi) is 6.40. The molecule has 0 aliphatic carbocycles. The summed E-state index contributed by atoms with van der Waals surface area (Å²) in [5.41, 5.74) is 1.09. The van der Waals surface area contributed by atoms with E-state index in [1.54, 1.807) is 0 Å². The van der Waals surface area contributed by atoms with Crippen molar-refractivity contribution in [2.45, 2.75) is 11.3 Å². The zero-order chi connectivity index (χ0) is 20.1. The molecule has 0 saturated heterocycles. The lowest BCUT2D eigenvalue weighted by Crippen LogP contribution is -2.34. The lowest BCUT2D eigenvalue weighted by molar-refractivity contribution is -0.116. The maximum atomic E-state index is 12.5. The molecule has 7 nitrogen and oxygen atoms in total. The van der Waals surface area contributed by atoms with Crippen LogP contribution >= 0.6 is 22.9 Å². The van der Waals surface area contributed by atoms with E-state index >= 15 is 0 Å². The number of hydrogen-bond donors (Lipinski definition) is 1. The van der Waals surface area contributed by atoms with E-state index in [2.05, 4.69) is 15.5 Å². The molecule has 0 aliphatic heterocycles. The maximum absolute atomic E-state index is 12.5. The Bertz CT molecular complexity index is 1050. The minimum Gasteiger partial charge on any atom is -0.299 e. The fourth-order valence-corrected chi connectivity index (χ4v) is 4.42. The predicted molar refractivity (Wildman–Crippen MR) is 109 cm³/mol. The molecule has 0 spiro atoms. The standard InChI is InChI=1S/C18H17ClN4O3S2/c1-23(28(25,26)15-9-7-14(19)8-10-15)12-16(24)20-18-22-21-17(27-18)11-13-5-3-2-4-6-13/h2-10H,11-12H2,1H3,(H,20,22,24). The maximum Gasteiger partial charge on any atom is 0.243 e. The number of likely N-dealkylation sites (N-methyl/N-ethyl adjacent to an activating group) is 1. The lowest BCUT2D eigenvalue weighted by Gasteiger charge is -2.16. The molecule has 0 atom stereocenters. The zero-order valence-electron chi connectivity index (χ0n) is 14.9. The molecule has 146 valence electrons. The summed E-state index contributed by atoms with van der Waals surface area (Å²) in [5.74, 6) is -0.498. The van der Waals surface area contributed by atoms with Gasteiger partial charge in [0.15, 0.2) is 0 Å². The highest BCUT2D eigenvalue weighted by Crippen LogP contribution is 2.20. The summed E-state index contributed by atoms with van der Waals surface area (Å²) in [7, 11) is -2.46. The van der Waals surface area contributed by atoms with Crippen LogP contribution in [0.2, 0.25) is 5.02 Å². The Morgan fingerprint density at radius 1 is 1.11 bits per heavy atom. The molecule has 0 fully saturated rings. The van der Waals surface area contributed by atoms with E-state index in [9.17, 15) is 13.2 Å². The number of anilines is 1. The molecule has 1 amide bonds. The first-order valence-corrected chi connectivity index (χ1v) is 10.9. The second-order valence-electron chi connectivity index (χ2n) is 5.93. The molecular weight excluding hydrogens is 420 g/mol. The number of rotatable bonds is 7. The Morgan fingerprint density at radius 3 is 2.46 bits per heavy atom. The number of nitrogens with one attached hydrogen (secondary N) is 1. The molecule has 3 rings (SSSR count). The van der Waals surface area contributed by atoms with Gasteiger partial charge in [0.2, 0.25) is 21.1 Å². The van der Waals surface area contributed by atoms with Crippen molar-refractivity contribution < 1.29 is 13.2 Å². The number of amides is 1. The van der Waals surface area contributed by atoms with Crippen LogP contribution in [0.1, 0.15) is 10.6 Å². The third-order valence-electron chi connectivity index (χ3n) is 3.80. The van der Waals surface area contributed by atoms with Crippen LogP contribution in [0.15, 0.2) is 59.5 Å². The SMILES string of the molecule is CN(CC(=O)Nc1nnc(Cc2ccccc2)s1)S(=O)(=O)c1ccc(Cl)cc1. The number of sulfonamides is 1. The minimum atomic E-state index is -3.80. The Morgan fingerprint density at radius 2 is 1.79 bits per heavy atom. The van der Waals surface area contributed by atoms with Crippen LogP contribution in [-0.4, -0.2) is 42.4 Å². The number of hydrogen-bond acceptors (Lipinski definition) is 6. The van der Waals surface area contributed by atoms with E-state index in [0.29, 0.717) is 16.6 Å². The van der Waals surface area contributed by atoms with Crippen LogP contribution in [0.25, 0.3) is 0 Å². The normalized spacial score (nSPS) is 11.5. The van der Waals surface area contributed by atoms with Crippen molar-refractivity contribution in [2.75, 3.05) is 18.9 Å². The Labute approximate surface area is 172 Å². The number of aromatic nitrogens is 2. The highest BCUT2D eigenvalue weighted by atomic mass is 35.5. The predicted octanol–water partition coefficient (Wildman–Crippen LogP) is 3.04. The molecule has 1 N–H and O–H groups in total. The van der Waals surface area contributed by atoms with Gasteiger partial charge >= 0.3 is 0 Å². The third-order valence-corrected chi connectivity index (χ3v) is 6.71. The van der Waals surface area contributed by atoms with Gasteiger partial charge in [-0.25, -0.2) is 8.42 Å². The number of carbonyl (C=O) groups excluding carboxylic acids is 1. The van der Waals surface area contributed by atoms with Crippen molar-refractivity contribution in [1.29, 1.82) is 0 Å². The van der Waals surface area contributed by atoms with Crippen molar-refractivity contribution in [2.24, 2.45) is 0 Å². The van der Waals surface area contributed by atoms with Crippen molar-refractivity contribution in [3.63, 3.8) is 0 Å². The van der Waals surface area contributed by atoms with Gasteiger partial charge in [-0.05, 0) is 29.8 Å². The van der Waals surface area contributed by atoms with Gasteiger partial charge in [0, 0.05) is 18.5 Å². The second kappa shape index (κ2) is 8.78. The van der Waals surface area contributed by atoms with E-state index < -0.39 is 15.9 Å². The highest BCUT2D eigenvalue weighted by Gasteiger charge is 2.23. The third kappa shape index (κ3) is 5.14. The monoisotopic (exact) mass is 436 g/mol. The molecule has 1 heterocycles. The van der Waals surface area contributed by atoms with Crippen molar-refractivity contribution >= 4 is 44.0 Å². The molecule has 2 aromatic carbocycles. The first-order valence-electron chi connectivity index (χ1n) is 8.22. The molecular formula is C18H17ClN4O3S2. The van der Waals surface area contributed by atoms with E-state index in [1.807, 2.05) is 30.3 Å². The van der Waals surface area contributed by atoms with E-state index in [4.69, 9.17) is 11.6 Å². The number of halogens is 1. The molecule has 0 aliphatic rings. The number of nitrogens with zero attached hydrogens (tertiary/aromatic N) is 3. The average Bonchev–Trinajstić information content (AvgIpc) is 3.09. The Balaban J connectivity index is 1.60. The molecule has 0 saturated carbocycles. The largest absolute Gasteiger partial charge is 0.299 e. The van der Waals surface area contributed by atoms with Gasteiger partial charge in [-0.1, -0.05) is 53.3 Å². The quantitative estimate of drug-likeness (QED) is 0.614. The summed E-state index contributed by atoms with van der Waals surface area (Å²) < 4.78 is 26.0. The van der Waals surface area contributed by atoms with Crippen LogP contribution in [0.4, 0.5) is 5.13 Å². The first-order chi connectivity index (χ1) is 13.3. The van der Waals surface area contributed by atoms with Gasteiger partial charge in [-0.3, -0.25) is 10.1 Å². The van der Waals surface area contributed by atoms with Crippen LogP contribution in [0, 0.1) is 0 Å². The minimum absolute atomic E-state index is 0.0632. The van der Waals surface area contributed by atoms with Crippen molar-refractivity contribution in [3.05, 3.63) is 70.2 Å². The van der Waals surface area contributed by atoms with Gasteiger partial charge in [-0.15, -0.1) is 10.2 Å². The van der Waals surface area contributed by atoms with E-state index in [0.717, 1.165) is 14.9 Å². The first kappa shape index (κ1) is 20.4. The fraction of sp³-hybridized carbons (Fsp3) is 0.167. The molecule has 10 heteroatoms. The summed E-state index contributed by atoms with van der Waals surface area (Å²) in [4.78, 5) is 12.3. The molecule has 0 bridgehead atoms. The molecule has 28 heavy (non-hydrogen) atoms. The van der Waals surface area contributed by atoms with Gasteiger partial charge in [0.05, 0.1) is 11.4 Å². The van der Waals surface area contributed by atoms with Crippen LogP contribution in [0.5, 0.6) is 0 Å². The fourth-order valence-electron chi connectivity index (χ4n) is 2.38. The topological polar surface area (TPSA) is 92.3 Å². The summed E-state index contributed by atoms with van der Waals surface area (Å²) in [6.07, 6.45) is 0.610. The van der Waals surface area contributed by atoms with Crippen molar-refractivity contribution in [1.82, 2.24) is 14.5 Å². The van der Waals surface area contributed by atoms with Crippen LogP contribution in [0.3, 0.4) is 0 Å². The highest BCUT2D eigenvalue weighted by molar-refractivity contribution is 7.89. The van der Waals surface area contributed by atoms with Crippen molar-refractivity contribution in [3.8, 4) is 0 Å².